The van der Waals surface area contributed by atoms with Crippen molar-refractivity contribution in [3.8, 4) is 0 Å². The first-order valence-corrected chi connectivity index (χ1v) is 8.26. The largest absolute Gasteiger partial charge is 0.393 e. The van der Waals surface area contributed by atoms with Gasteiger partial charge in [-0.05, 0) is 25.7 Å². The van der Waals surface area contributed by atoms with Crippen LogP contribution in [-0.4, -0.2) is 24.6 Å². The number of hydrogen-bond donors (Lipinski definition) is 0. The van der Waals surface area contributed by atoms with Gasteiger partial charge in [0.25, 0.3) is 0 Å². The highest BCUT2D eigenvalue weighted by Gasteiger charge is 2.74. The summed E-state index contributed by atoms with van der Waals surface area (Å²) in [6.07, 6.45) is 11.2. The van der Waals surface area contributed by atoms with Crippen molar-refractivity contribution in [3.63, 3.8) is 0 Å². The molecule has 0 aromatic carbocycles. The second-order valence-corrected chi connectivity index (χ2v) is 7.48. The fourth-order valence-corrected chi connectivity index (χ4v) is 6.42. The van der Waals surface area contributed by atoms with Crippen LogP contribution >= 0.6 is 0 Å². The van der Waals surface area contributed by atoms with Crippen LogP contribution in [0.25, 0.3) is 0 Å². The van der Waals surface area contributed by atoms with Gasteiger partial charge in [0.05, 0.1) is 17.9 Å². The van der Waals surface area contributed by atoms with Crippen LogP contribution < -0.4 is 0 Å². The molecule has 2 saturated heterocycles. The second-order valence-electron chi connectivity index (χ2n) is 7.48. The number of esters is 2. The molecule has 4 nitrogen and oxygen atoms in total. The van der Waals surface area contributed by atoms with Gasteiger partial charge in [0.15, 0.2) is 0 Å². The minimum absolute atomic E-state index is 0.0363. The molecule has 4 heteroatoms. The maximum Gasteiger partial charge on any atom is 0.318 e. The Morgan fingerprint density at radius 1 is 1.05 bits per heavy atom. The van der Waals surface area contributed by atoms with E-state index in [1.807, 2.05) is 0 Å². The quantitative estimate of drug-likeness (QED) is 0.390. The van der Waals surface area contributed by atoms with Crippen molar-refractivity contribution in [2.75, 3.05) is 6.61 Å². The molecule has 21 heavy (non-hydrogen) atoms. The van der Waals surface area contributed by atoms with Crippen LogP contribution in [0.3, 0.4) is 0 Å². The maximum atomic E-state index is 12.4. The number of hydrogen-bond acceptors (Lipinski definition) is 4. The third-order valence-corrected chi connectivity index (χ3v) is 7.02. The minimum Gasteiger partial charge on any atom is -0.393 e. The summed E-state index contributed by atoms with van der Waals surface area (Å²) in [5, 5.41) is 0. The van der Waals surface area contributed by atoms with Crippen LogP contribution in [0.5, 0.6) is 0 Å². The van der Waals surface area contributed by atoms with E-state index in [2.05, 4.69) is 12.2 Å². The van der Waals surface area contributed by atoms with E-state index >= 15 is 0 Å². The lowest BCUT2D eigenvalue weighted by Crippen LogP contribution is -2.68. The number of ether oxygens (including phenoxy) is 2. The summed E-state index contributed by atoms with van der Waals surface area (Å²) >= 11 is 0. The van der Waals surface area contributed by atoms with Gasteiger partial charge in [0.1, 0.15) is 0 Å². The smallest absolute Gasteiger partial charge is 0.318 e. The average Bonchev–Trinajstić information content (AvgIpc) is 2.82. The summed E-state index contributed by atoms with van der Waals surface area (Å²) in [5.74, 6) is -1.10. The molecule has 2 aliphatic heterocycles. The van der Waals surface area contributed by atoms with Gasteiger partial charge in [0, 0.05) is 23.4 Å². The normalized spacial score (nSPS) is 53.9. The molecule has 2 spiro atoms. The first kappa shape index (κ1) is 12.4. The predicted octanol–water partition coefficient (Wildman–Crippen LogP) is 2.23. The Balaban J connectivity index is 1.75. The Bertz CT molecular complexity index is 561. The molecule has 4 fully saturated rings. The lowest BCUT2D eigenvalue weighted by atomic mass is 9.37. The summed E-state index contributed by atoms with van der Waals surface area (Å²) in [4.78, 5) is 24.6. The van der Waals surface area contributed by atoms with E-state index in [9.17, 15) is 9.59 Å². The molecule has 0 radical (unpaired) electrons. The maximum absolute atomic E-state index is 12.4. The first-order chi connectivity index (χ1) is 10.2. The Hall–Kier alpha value is -1.16. The van der Waals surface area contributed by atoms with E-state index in [1.165, 1.54) is 6.42 Å². The van der Waals surface area contributed by atoms with Crippen LogP contribution in [0.4, 0.5) is 0 Å². The zero-order valence-corrected chi connectivity index (χ0v) is 12.0. The standard InChI is InChI=1S/C17H20O4/c18-14-11-10-4-8-16(12(11)15(19)21-14)5-1-2-6-17(16)7-3-9-20-13(10)17/h4,8,10-13H,1-3,5-7,9H2/t10-,11+,12+,13-,16+,17-/m1/s1. The lowest BCUT2D eigenvalue weighted by molar-refractivity contribution is -0.231. The molecule has 6 aliphatic rings. The Kier molecular flexibility index (Phi) is 2.23. The average molecular weight is 288 g/mol. The van der Waals surface area contributed by atoms with E-state index in [0.29, 0.717) is 0 Å². The zero-order valence-electron chi connectivity index (χ0n) is 12.0. The number of carbonyl (C=O) groups excluding carboxylic acids is 2. The van der Waals surface area contributed by atoms with Crippen LogP contribution in [0.15, 0.2) is 12.2 Å². The van der Waals surface area contributed by atoms with Crippen molar-refractivity contribution in [1.29, 1.82) is 0 Å². The van der Waals surface area contributed by atoms with E-state index in [0.717, 1.165) is 38.7 Å². The lowest BCUT2D eigenvalue weighted by Gasteiger charge is -2.67. The molecule has 0 N–H and O–H groups in total. The van der Waals surface area contributed by atoms with Gasteiger partial charge in [-0.1, -0.05) is 25.0 Å². The molecule has 0 amide bonds. The summed E-state index contributed by atoms with van der Waals surface area (Å²) in [5.41, 5.74) is -0.132. The van der Waals surface area contributed by atoms with Crippen LogP contribution in [0, 0.1) is 28.6 Å². The van der Waals surface area contributed by atoms with Crippen molar-refractivity contribution in [2.45, 2.75) is 44.6 Å². The summed E-state index contributed by atoms with van der Waals surface area (Å²) in [6.45, 7) is 0.785. The van der Waals surface area contributed by atoms with Crippen LogP contribution in [-0.2, 0) is 19.1 Å². The Morgan fingerprint density at radius 2 is 1.86 bits per heavy atom. The van der Waals surface area contributed by atoms with Crippen molar-refractivity contribution in [2.24, 2.45) is 28.6 Å². The highest BCUT2D eigenvalue weighted by atomic mass is 16.6. The van der Waals surface area contributed by atoms with Gasteiger partial charge < -0.3 is 9.47 Å². The number of rotatable bonds is 0. The summed E-state index contributed by atoms with van der Waals surface area (Å²) in [6, 6.07) is 0. The van der Waals surface area contributed by atoms with Crippen LogP contribution in [0.1, 0.15) is 38.5 Å². The fraction of sp³-hybridized carbons (Fsp3) is 0.765. The number of allylic oxidation sites excluding steroid dienone is 1. The topological polar surface area (TPSA) is 52.6 Å². The molecular formula is C17H20O4. The third-order valence-electron chi connectivity index (χ3n) is 7.02. The predicted molar refractivity (Wildman–Crippen MR) is 73.0 cm³/mol. The van der Waals surface area contributed by atoms with Gasteiger partial charge in [-0.2, -0.15) is 0 Å². The van der Waals surface area contributed by atoms with Gasteiger partial charge in [-0.25, -0.2) is 0 Å². The fourth-order valence-electron chi connectivity index (χ4n) is 6.42. The Morgan fingerprint density at radius 3 is 2.76 bits per heavy atom. The number of carbonyl (C=O) groups is 2. The second kappa shape index (κ2) is 3.78. The molecular weight excluding hydrogens is 268 g/mol. The molecule has 2 saturated carbocycles. The van der Waals surface area contributed by atoms with Gasteiger partial charge in [0.2, 0.25) is 0 Å². The molecule has 0 aromatic rings. The molecule has 6 atom stereocenters. The van der Waals surface area contributed by atoms with E-state index < -0.39 is 0 Å². The first-order valence-electron chi connectivity index (χ1n) is 8.26. The minimum atomic E-state index is -0.313. The third kappa shape index (κ3) is 1.20. The highest BCUT2D eigenvalue weighted by molar-refractivity contribution is 5.98. The zero-order chi connectivity index (χ0) is 14.2. The Labute approximate surface area is 123 Å². The van der Waals surface area contributed by atoms with Gasteiger partial charge in [-0.3, -0.25) is 9.59 Å². The van der Waals surface area contributed by atoms with E-state index in [-0.39, 0.29) is 46.6 Å². The SMILES string of the molecule is O=C1OC(=O)[C@@H]2[C@@H]1[C@H]1C=C[C@@]23CCCC[C@]32CCCO[C@H]12. The molecule has 4 aliphatic carbocycles. The van der Waals surface area contributed by atoms with Crippen LogP contribution in [0.2, 0.25) is 0 Å². The molecule has 2 bridgehead atoms. The molecule has 0 aromatic heterocycles. The van der Waals surface area contributed by atoms with Gasteiger partial charge >= 0.3 is 11.9 Å². The molecule has 6 rings (SSSR count). The van der Waals surface area contributed by atoms with Crippen molar-refractivity contribution < 1.29 is 19.1 Å². The molecule has 0 unspecified atom stereocenters. The van der Waals surface area contributed by atoms with Crippen molar-refractivity contribution in [1.82, 2.24) is 0 Å². The summed E-state index contributed by atoms with van der Waals surface area (Å²) in [7, 11) is 0. The summed E-state index contributed by atoms with van der Waals surface area (Å²) < 4.78 is 11.3. The van der Waals surface area contributed by atoms with Crippen molar-refractivity contribution in [3.05, 3.63) is 12.2 Å². The number of cyclic esters (lactones) is 2. The highest BCUT2D eigenvalue weighted by Crippen LogP contribution is 2.72. The van der Waals surface area contributed by atoms with E-state index in [1.54, 1.807) is 0 Å². The molecule has 2 heterocycles. The molecule has 112 valence electrons. The monoisotopic (exact) mass is 288 g/mol. The van der Waals surface area contributed by atoms with Gasteiger partial charge in [-0.15, -0.1) is 0 Å². The van der Waals surface area contributed by atoms with E-state index in [4.69, 9.17) is 9.47 Å². The van der Waals surface area contributed by atoms with Crippen molar-refractivity contribution >= 4 is 11.9 Å².